The molecule has 5 heteroatoms. The fraction of sp³-hybridized carbons (Fsp3) is 0.333. The lowest BCUT2D eigenvalue weighted by molar-refractivity contribution is -0.143. The Bertz CT molecular complexity index is 452. The van der Waals surface area contributed by atoms with Crippen molar-refractivity contribution in [2.75, 3.05) is 17.7 Å². The van der Waals surface area contributed by atoms with Crippen molar-refractivity contribution in [2.24, 2.45) is 0 Å². The molecule has 0 aromatic heterocycles. The van der Waals surface area contributed by atoms with Gasteiger partial charge in [-0.25, -0.2) is 4.79 Å². The number of rotatable bonds is 4. The molecule has 5 nitrogen and oxygen atoms in total. The number of benzene rings is 1. The van der Waals surface area contributed by atoms with E-state index in [1.807, 2.05) is 6.07 Å². The number of hydrogen-bond donors (Lipinski definition) is 2. The van der Waals surface area contributed by atoms with E-state index in [4.69, 9.17) is 15.7 Å². The predicted octanol–water partition coefficient (Wildman–Crippen LogP) is 1.50. The van der Waals surface area contributed by atoms with E-state index in [0.717, 1.165) is 0 Å². The summed E-state index contributed by atoms with van der Waals surface area (Å²) in [5, 5.41) is 11.7. The van der Waals surface area contributed by atoms with E-state index in [0.29, 0.717) is 23.5 Å². The van der Waals surface area contributed by atoms with Crippen LogP contribution in [0.5, 0.6) is 0 Å². The number of carbonyl (C=O) groups excluding carboxylic acids is 1. The van der Waals surface area contributed by atoms with Crippen LogP contribution in [0.25, 0.3) is 0 Å². The molecule has 1 unspecified atom stereocenters. The summed E-state index contributed by atoms with van der Waals surface area (Å²) >= 11 is 0. The fourth-order valence-corrected chi connectivity index (χ4v) is 1.33. The molecule has 90 valence electrons. The summed E-state index contributed by atoms with van der Waals surface area (Å²) < 4.78 is 4.87. The molecule has 0 aliphatic heterocycles. The van der Waals surface area contributed by atoms with Crippen LogP contribution < -0.4 is 11.1 Å². The second-order valence-electron chi connectivity index (χ2n) is 3.53. The molecule has 3 N–H and O–H groups in total. The van der Waals surface area contributed by atoms with Gasteiger partial charge in [-0.1, -0.05) is 0 Å². The van der Waals surface area contributed by atoms with Crippen LogP contribution in [-0.4, -0.2) is 18.6 Å². The van der Waals surface area contributed by atoms with Gasteiger partial charge >= 0.3 is 5.97 Å². The maximum atomic E-state index is 11.4. The molecule has 0 aliphatic carbocycles. The highest BCUT2D eigenvalue weighted by Crippen LogP contribution is 2.17. The van der Waals surface area contributed by atoms with Crippen LogP contribution in [0, 0.1) is 11.3 Å². The molecule has 0 amide bonds. The lowest BCUT2D eigenvalue weighted by Crippen LogP contribution is -2.28. The van der Waals surface area contributed by atoms with Crippen LogP contribution in [0.1, 0.15) is 19.4 Å². The van der Waals surface area contributed by atoms with Crippen molar-refractivity contribution >= 4 is 17.3 Å². The number of nitrogen functional groups attached to an aromatic ring is 1. The number of nitrogens with zero attached hydrogens (tertiary/aromatic N) is 1. The quantitative estimate of drug-likeness (QED) is 0.607. The van der Waals surface area contributed by atoms with Gasteiger partial charge in [0.1, 0.15) is 12.1 Å². The molecule has 0 bridgehead atoms. The van der Waals surface area contributed by atoms with E-state index in [9.17, 15) is 4.79 Å². The van der Waals surface area contributed by atoms with Gasteiger partial charge in [0.2, 0.25) is 0 Å². The van der Waals surface area contributed by atoms with E-state index < -0.39 is 6.04 Å². The van der Waals surface area contributed by atoms with Gasteiger partial charge in [-0.15, -0.1) is 0 Å². The molecule has 0 heterocycles. The summed E-state index contributed by atoms with van der Waals surface area (Å²) in [6.07, 6.45) is 0. The number of nitrogens with one attached hydrogen (secondary N) is 1. The maximum Gasteiger partial charge on any atom is 0.328 e. The van der Waals surface area contributed by atoms with Gasteiger partial charge in [-0.05, 0) is 32.0 Å². The van der Waals surface area contributed by atoms with Crippen molar-refractivity contribution in [2.45, 2.75) is 19.9 Å². The van der Waals surface area contributed by atoms with Gasteiger partial charge in [0.15, 0.2) is 0 Å². The zero-order valence-corrected chi connectivity index (χ0v) is 9.86. The Kier molecular flexibility index (Phi) is 4.35. The van der Waals surface area contributed by atoms with E-state index in [1.54, 1.807) is 32.0 Å². The normalized spacial score (nSPS) is 11.4. The average Bonchev–Trinajstić information content (AvgIpc) is 2.29. The Morgan fingerprint density at radius 3 is 2.88 bits per heavy atom. The number of carbonyl (C=O) groups is 1. The van der Waals surface area contributed by atoms with Gasteiger partial charge < -0.3 is 15.8 Å². The first kappa shape index (κ1) is 12.8. The van der Waals surface area contributed by atoms with Gasteiger partial charge in [-0.2, -0.15) is 5.26 Å². The molecule has 0 saturated carbocycles. The lowest BCUT2D eigenvalue weighted by Gasteiger charge is -2.14. The van der Waals surface area contributed by atoms with E-state index in [1.165, 1.54) is 0 Å². The number of esters is 1. The second-order valence-corrected chi connectivity index (χ2v) is 3.53. The monoisotopic (exact) mass is 233 g/mol. The highest BCUT2D eigenvalue weighted by Gasteiger charge is 2.13. The van der Waals surface area contributed by atoms with Crippen molar-refractivity contribution in [1.29, 1.82) is 5.26 Å². The van der Waals surface area contributed by atoms with E-state index >= 15 is 0 Å². The number of hydrogen-bond acceptors (Lipinski definition) is 5. The number of nitrogens with two attached hydrogens (primary N) is 1. The third kappa shape index (κ3) is 3.38. The highest BCUT2D eigenvalue weighted by atomic mass is 16.5. The predicted molar refractivity (Wildman–Crippen MR) is 65.3 cm³/mol. The van der Waals surface area contributed by atoms with Gasteiger partial charge in [0, 0.05) is 5.69 Å². The summed E-state index contributed by atoms with van der Waals surface area (Å²) in [5.41, 5.74) is 7.15. The van der Waals surface area contributed by atoms with Gasteiger partial charge in [0.25, 0.3) is 0 Å². The first-order chi connectivity index (χ1) is 8.08. The molecule has 0 saturated heterocycles. The minimum Gasteiger partial charge on any atom is -0.464 e. The minimum atomic E-state index is -0.456. The molecule has 1 rings (SSSR count). The number of ether oxygens (including phenoxy) is 1. The average molecular weight is 233 g/mol. The molecule has 0 radical (unpaired) electrons. The molecule has 1 atom stereocenters. The second kappa shape index (κ2) is 5.75. The number of nitriles is 1. The fourth-order valence-electron chi connectivity index (χ4n) is 1.33. The van der Waals surface area contributed by atoms with Crippen molar-refractivity contribution in [3.05, 3.63) is 23.8 Å². The molecule has 17 heavy (non-hydrogen) atoms. The minimum absolute atomic E-state index is 0.324. The SMILES string of the molecule is CCOC(=O)C(C)Nc1ccc(C#N)c(N)c1. The summed E-state index contributed by atoms with van der Waals surface area (Å²) in [6.45, 7) is 3.80. The maximum absolute atomic E-state index is 11.4. The molecule has 0 fully saturated rings. The summed E-state index contributed by atoms with van der Waals surface area (Å²) in [4.78, 5) is 11.4. The Hall–Kier alpha value is -2.22. The largest absolute Gasteiger partial charge is 0.464 e. The summed E-state index contributed by atoms with van der Waals surface area (Å²) in [7, 11) is 0. The zero-order valence-electron chi connectivity index (χ0n) is 9.86. The highest BCUT2D eigenvalue weighted by molar-refractivity contribution is 5.79. The first-order valence-electron chi connectivity index (χ1n) is 5.31. The van der Waals surface area contributed by atoms with Crippen molar-refractivity contribution in [3.63, 3.8) is 0 Å². The van der Waals surface area contributed by atoms with Crippen LogP contribution >= 0.6 is 0 Å². The Morgan fingerprint density at radius 2 is 2.35 bits per heavy atom. The molecule has 0 spiro atoms. The lowest BCUT2D eigenvalue weighted by atomic mass is 10.1. The van der Waals surface area contributed by atoms with Crippen LogP contribution in [-0.2, 0) is 9.53 Å². The Morgan fingerprint density at radius 1 is 1.65 bits per heavy atom. The first-order valence-corrected chi connectivity index (χ1v) is 5.31. The number of anilines is 2. The van der Waals surface area contributed by atoms with E-state index in [-0.39, 0.29) is 5.97 Å². The molecular weight excluding hydrogens is 218 g/mol. The van der Waals surface area contributed by atoms with Crippen LogP contribution in [0.3, 0.4) is 0 Å². The Balaban J connectivity index is 2.73. The third-order valence-corrected chi connectivity index (χ3v) is 2.20. The standard InChI is InChI=1S/C12H15N3O2/c1-3-17-12(16)8(2)15-10-5-4-9(7-13)11(14)6-10/h4-6,8,15H,3,14H2,1-2H3. The molecular formula is C12H15N3O2. The topological polar surface area (TPSA) is 88.1 Å². The van der Waals surface area contributed by atoms with E-state index in [2.05, 4.69) is 5.32 Å². The van der Waals surface area contributed by atoms with Gasteiger partial charge in [-0.3, -0.25) is 0 Å². The molecule has 1 aromatic rings. The van der Waals surface area contributed by atoms with Crippen LogP contribution in [0.15, 0.2) is 18.2 Å². The van der Waals surface area contributed by atoms with Crippen molar-refractivity contribution in [1.82, 2.24) is 0 Å². The summed E-state index contributed by atoms with van der Waals surface area (Å²) in [5.74, 6) is -0.324. The molecule has 1 aromatic carbocycles. The third-order valence-electron chi connectivity index (χ3n) is 2.20. The van der Waals surface area contributed by atoms with Crippen molar-refractivity contribution in [3.8, 4) is 6.07 Å². The Labute approximate surface area is 100 Å². The van der Waals surface area contributed by atoms with Gasteiger partial charge in [0.05, 0.1) is 17.9 Å². The van der Waals surface area contributed by atoms with Crippen LogP contribution in [0.4, 0.5) is 11.4 Å². The smallest absolute Gasteiger partial charge is 0.328 e. The van der Waals surface area contributed by atoms with Crippen LogP contribution in [0.2, 0.25) is 0 Å². The summed E-state index contributed by atoms with van der Waals surface area (Å²) in [6, 6.07) is 6.44. The zero-order chi connectivity index (χ0) is 12.8. The molecule has 0 aliphatic rings. The van der Waals surface area contributed by atoms with Crippen molar-refractivity contribution < 1.29 is 9.53 Å².